The van der Waals surface area contributed by atoms with Gasteiger partial charge in [0.15, 0.2) is 0 Å². The topological polar surface area (TPSA) is 72.1 Å². The van der Waals surface area contributed by atoms with Crippen molar-refractivity contribution in [1.29, 1.82) is 0 Å². The molecule has 0 bridgehead atoms. The molecule has 86 valence electrons. The number of aromatic nitrogens is 2. The largest absolute Gasteiger partial charge is 0.369 e. The third-order valence-electron chi connectivity index (χ3n) is 2.71. The highest BCUT2D eigenvalue weighted by atomic mass is 79.9. The highest BCUT2D eigenvalue weighted by Gasteiger charge is 2.27. The van der Waals surface area contributed by atoms with E-state index in [2.05, 4.69) is 30.8 Å². The van der Waals surface area contributed by atoms with Crippen molar-refractivity contribution in [2.75, 3.05) is 18.0 Å². The second kappa shape index (κ2) is 4.37. The Morgan fingerprint density at radius 3 is 2.94 bits per heavy atom. The van der Waals surface area contributed by atoms with E-state index in [4.69, 9.17) is 5.73 Å². The van der Waals surface area contributed by atoms with Crippen LogP contribution in [0.5, 0.6) is 0 Å². The van der Waals surface area contributed by atoms with Gasteiger partial charge in [-0.2, -0.15) is 0 Å². The maximum Gasteiger partial charge on any atom is 0.222 e. The SMILES string of the molecule is Cc1nc(Br)cc(N2CCC(C(N)=O)C2)n1. The van der Waals surface area contributed by atoms with Crippen molar-refractivity contribution in [2.24, 2.45) is 11.7 Å². The number of hydrogen-bond acceptors (Lipinski definition) is 4. The number of primary amides is 1. The molecule has 0 saturated carbocycles. The molecule has 1 aliphatic rings. The lowest BCUT2D eigenvalue weighted by atomic mass is 10.1. The molecule has 6 heteroatoms. The number of halogens is 1. The third kappa shape index (κ3) is 2.32. The fourth-order valence-electron chi connectivity index (χ4n) is 1.88. The molecule has 1 fully saturated rings. The zero-order valence-corrected chi connectivity index (χ0v) is 10.6. The molecule has 0 aliphatic carbocycles. The second-order valence-electron chi connectivity index (χ2n) is 3.93. The molecule has 1 atom stereocenters. The number of amides is 1. The minimum atomic E-state index is -0.229. The van der Waals surface area contributed by atoms with Crippen LogP contribution in [0.4, 0.5) is 5.82 Å². The summed E-state index contributed by atoms with van der Waals surface area (Å²) in [4.78, 5) is 21.6. The van der Waals surface area contributed by atoms with E-state index in [1.54, 1.807) is 0 Å². The van der Waals surface area contributed by atoms with Crippen molar-refractivity contribution in [3.63, 3.8) is 0 Å². The number of carbonyl (C=O) groups is 1. The first-order valence-corrected chi connectivity index (χ1v) is 5.91. The summed E-state index contributed by atoms with van der Waals surface area (Å²) in [6, 6.07) is 1.86. The van der Waals surface area contributed by atoms with E-state index in [0.717, 1.165) is 23.4 Å². The first-order chi connectivity index (χ1) is 7.56. The molecule has 2 rings (SSSR count). The van der Waals surface area contributed by atoms with Gasteiger partial charge in [-0.1, -0.05) is 0 Å². The summed E-state index contributed by atoms with van der Waals surface area (Å²) >= 11 is 3.33. The summed E-state index contributed by atoms with van der Waals surface area (Å²) in [5.74, 6) is 1.27. The van der Waals surface area contributed by atoms with Gasteiger partial charge in [0.1, 0.15) is 16.2 Å². The number of rotatable bonds is 2. The van der Waals surface area contributed by atoms with Crippen LogP contribution in [0.15, 0.2) is 10.7 Å². The number of anilines is 1. The van der Waals surface area contributed by atoms with E-state index >= 15 is 0 Å². The van der Waals surface area contributed by atoms with Gasteiger partial charge < -0.3 is 10.6 Å². The molecule has 0 radical (unpaired) electrons. The molecular formula is C10H13BrN4O. The van der Waals surface area contributed by atoms with Crippen molar-refractivity contribution in [1.82, 2.24) is 9.97 Å². The summed E-state index contributed by atoms with van der Waals surface area (Å²) in [6.45, 7) is 3.31. The van der Waals surface area contributed by atoms with Crippen molar-refractivity contribution >= 4 is 27.7 Å². The number of carbonyl (C=O) groups excluding carboxylic acids is 1. The van der Waals surface area contributed by atoms with Crippen LogP contribution in [-0.4, -0.2) is 29.0 Å². The van der Waals surface area contributed by atoms with Crippen LogP contribution in [0.25, 0.3) is 0 Å². The molecule has 0 aromatic carbocycles. The first-order valence-electron chi connectivity index (χ1n) is 5.11. The predicted molar refractivity (Wildman–Crippen MR) is 64.0 cm³/mol. The minimum Gasteiger partial charge on any atom is -0.369 e. The Hall–Kier alpha value is -1.17. The summed E-state index contributed by atoms with van der Waals surface area (Å²) in [7, 11) is 0. The molecular weight excluding hydrogens is 272 g/mol. The molecule has 1 aliphatic heterocycles. The highest BCUT2D eigenvalue weighted by molar-refractivity contribution is 9.10. The number of nitrogens with two attached hydrogens (primary N) is 1. The minimum absolute atomic E-state index is 0.0611. The van der Waals surface area contributed by atoms with Crippen LogP contribution >= 0.6 is 15.9 Å². The van der Waals surface area contributed by atoms with Gasteiger partial charge in [0.2, 0.25) is 5.91 Å². The van der Waals surface area contributed by atoms with E-state index in [1.807, 2.05) is 13.0 Å². The van der Waals surface area contributed by atoms with Crippen molar-refractivity contribution in [3.8, 4) is 0 Å². The molecule has 2 N–H and O–H groups in total. The molecule has 1 saturated heterocycles. The van der Waals surface area contributed by atoms with Crippen LogP contribution < -0.4 is 10.6 Å². The van der Waals surface area contributed by atoms with Crippen LogP contribution in [0.2, 0.25) is 0 Å². The molecule has 1 aromatic rings. The number of hydrogen-bond donors (Lipinski definition) is 1. The zero-order chi connectivity index (χ0) is 11.7. The maximum atomic E-state index is 11.1. The molecule has 1 amide bonds. The lowest BCUT2D eigenvalue weighted by molar-refractivity contribution is -0.121. The first kappa shape index (κ1) is 11.3. The summed E-state index contributed by atoms with van der Waals surface area (Å²) in [5.41, 5.74) is 5.29. The van der Waals surface area contributed by atoms with Crippen LogP contribution in [0, 0.1) is 12.8 Å². The van der Waals surface area contributed by atoms with Crippen molar-refractivity contribution in [3.05, 3.63) is 16.5 Å². The average Bonchev–Trinajstić information content (AvgIpc) is 2.64. The fourth-order valence-corrected chi connectivity index (χ4v) is 2.34. The zero-order valence-electron chi connectivity index (χ0n) is 8.98. The van der Waals surface area contributed by atoms with Crippen molar-refractivity contribution in [2.45, 2.75) is 13.3 Å². The summed E-state index contributed by atoms with van der Waals surface area (Å²) in [6.07, 6.45) is 0.802. The lowest BCUT2D eigenvalue weighted by Gasteiger charge is -2.17. The fraction of sp³-hybridized carbons (Fsp3) is 0.500. The lowest BCUT2D eigenvalue weighted by Crippen LogP contribution is -2.27. The van der Waals surface area contributed by atoms with Gasteiger partial charge in [-0.05, 0) is 29.3 Å². The Bertz CT molecular complexity index is 403. The van der Waals surface area contributed by atoms with Gasteiger partial charge in [0.25, 0.3) is 0 Å². The molecule has 1 unspecified atom stereocenters. The average molecular weight is 285 g/mol. The standard InChI is InChI=1S/C10H13BrN4O/c1-6-13-8(11)4-9(14-6)15-3-2-7(5-15)10(12)16/h4,7H,2-3,5H2,1H3,(H2,12,16). The quantitative estimate of drug-likeness (QED) is 0.818. The van der Waals surface area contributed by atoms with Gasteiger partial charge in [0, 0.05) is 19.2 Å². The smallest absolute Gasteiger partial charge is 0.222 e. The molecule has 16 heavy (non-hydrogen) atoms. The van der Waals surface area contributed by atoms with Crippen LogP contribution in [0.1, 0.15) is 12.2 Å². The Kier molecular flexibility index (Phi) is 3.09. The molecule has 0 spiro atoms. The molecule has 1 aromatic heterocycles. The Labute approximate surface area is 102 Å². The van der Waals surface area contributed by atoms with Crippen LogP contribution in [0.3, 0.4) is 0 Å². The predicted octanol–water partition coefficient (Wildman–Crippen LogP) is 0.859. The monoisotopic (exact) mass is 284 g/mol. The molecule has 2 heterocycles. The molecule has 5 nitrogen and oxygen atoms in total. The van der Waals surface area contributed by atoms with Gasteiger partial charge in [-0.3, -0.25) is 4.79 Å². The third-order valence-corrected chi connectivity index (χ3v) is 3.11. The summed E-state index contributed by atoms with van der Waals surface area (Å²) < 4.78 is 0.762. The van der Waals surface area contributed by atoms with E-state index in [9.17, 15) is 4.79 Å². The Morgan fingerprint density at radius 1 is 1.62 bits per heavy atom. The number of aryl methyl sites for hydroxylation is 1. The van der Waals surface area contributed by atoms with E-state index in [-0.39, 0.29) is 11.8 Å². The van der Waals surface area contributed by atoms with Gasteiger partial charge in [-0.25, -0.2) is 9.97 Å². The number of nitrogens with zero attached hydrogens (tertiary/aromatic N) is 3. The van der Waals surface area contributed by atoms with Crippen LogP contribution in [-0.2, 0) is 4.79 Å². The van der Waals surface area contributed by atoms with Gasteiger partial charge >= 0.3 is 0 Å². The normalized spacial score (nSPS) is 20.1. The van der Waals surface area contributed by atoms with E-state index in [1.165, 1.54) is 0 Å². The van der Waals surface area contributed by atoms with Gasteiger partial charge in [-0.15, -0.1) is 0 Å². The van der Waals surface area contributed by atoms with Crippen molar-refractivity contribution < 1.29 is 4.79 Å². The Balaban J connectivity index is 2.17. The highest BCUT2D eigenvalue weighted by Crippen LogP contribution is 2.23. The second-order valence-corrected chi connectivity index (χ2v) is 4.74. The Morgan fingerprint density at radius 2 is 2.38 bits per heavy atom. The summed E-state index contributed by atoms with van der Waals surface area (Å²) in [5, 5.41) is 0. The van der Waals surface area contributed by atoms with E-state index < -0.39 is 0 Å². The maximum absolute atomic E-state index is 11.1. The van der Waals surface area contributed by atoms with E-state index in [0.29, 0.717) is 12.4 Å². The van der Waals surface area contributed by atoms with Gasteiger partial charge in [0.05, 0.1) is 5.92 Å².